The molecule has 3 heteroatoms. The summed E-state index contributed by atoms with van der Waals surface area (Å²) in [5, 5.41) is 0.830. The van der Waals surface area contributed by atoms with Gasteiger partial charge in [-0.25, -0.2) is 0 Å². The number of halogens is 1. The molecular formula is C15H21ClN2. The quantitative estimate of drug-likeness (QED) is 0.810. The molecule has 0 radical (unpaired) electrons. The monoisotopic (exact) mass is 264 g/mol. The van der Waals surface area contributed by atoms with E-state index in [4.69, 9.17) is 11.6 Å². The molecule has 0 spiro atoms. The highest BCUT2D eigenvalue weighted by atomic mass is 35.5. The molecular weight excluding hydrogens is 244 g/mol. The van der Waals surface area contributed by atoms with Gasteiger partial charge in [-0.3, -0.25) is 9.80 Å². The van der Waals surface area contributed by atoms with Gasteiger partial charge in [-0.2, -0.15) is 0 Å². The van der Waals surface area contributed by atoms with E-state index in [1.807, 2.05) is 12.1 Å². The molecule has 2 fully saturated rings. The van der Waals surface area contributed by atoms with Crippen molar-refractivity contribution in [1.29, 1.82) is 0 Å². The largest absolute Gasteiger partial charge is 0.299 e. The summed E-state index contributed by atoms with van der Waals surface area (Å²) >= 11 is 5.93. The van der Waals surface area contributed by atoms with Crippen LogP contribution in [-0.4, -0.2) is 42.0 Å². The molecule has 2 aliphatic heterocycles. The van der Waals surface area contributed by atoms with Gasteiger partial charge in [-0.15, -0.1) is 0 Å². The summed E-state index contributed by atoms with van der Waals surface area (Å²) in [6.45, 7) is 6.15. The predicted molar refractivity (Wildman–Crippen MR) is 75.9 cm³/mol. The maximum absolute atomic E-state index is 5.93. The number of fused-ring (bicyclic) bond motifs is 1. The van der Waals surface area contributed by atoms with Crippen molar-refractivity contribution in [2.24, 2.45) is 0 Å². The second kappa shape index (κ2) is 5.60. The van der Waals surface area contributed by atoms with E-state index in [-0.39, 0.29) is 0 Å². The summed E-state index contributed by atoms with van der Waals surface area (Å²) in [6, 6.07) is 9.10. The second-order valence-corrected chi connectivity index (χ2v) is 5.98. The van der Waals surface area contributed by atoms with Crippen LogP contribution >= 0.6 is 11.6 Å². The van der Waals surface area contributed by atoms with Gasteiger partial charge in [0.05, 0.1) is 0 Å². The molecule has 1 aromatic carbocycles. The van der Waals surface area contributed by atoms with Crippen LogP contribution in [0.4, 0.5) is 0 Å². The molecule has 3 rings (SSSR count). The number of nitrogens with zero attached hydrogens (tertiary/aromatic N) is 2. The topological polar surface area (TPSA) is 6.48 Å². The van der Waals surface area contributed by atoms with Crippen LogP contribution in [0.2, 0.25) is 5.02 Å². The van der Waals surface area contributed by atoms with Crippen molar-refractivity contribution >= 4 is 11.6 Å². The molecule has 0 saturated carbocycles. The van der Waals surface area contributed by atoms with Crippen molar-refractivity contribution in [3.05, 3.63) is 34.9 Å². The third kappa shape index (κ3) is 2.87. The minimum Gasteiger partial charge on any atom is -0.299 e. The molecule has 98 valence electrons. The molecule has 1 aromatic rings. The molecule has 0 amide bonds. The summed E-state index contributed by atoms with van der Waals surface area (Å²) in [7, 11) is 0. The van der Waals surface area contributed by atoms with Gasteiger partial charge in [0.25, 0.3) is 0 Å². The fourth-order valence-electron chi connectivity index (χ4n) is 3.27. The highest BCUT2D eigenvalue weighted by Gasteiger charge is 2.28. The Labute approximate surface area is 115 Å². The van der Waals surface area contributed by atoms with Crippen LogP contribution in [-0.2, 0) is 6.54 Å². The molecule has 2 nitrogen and oxygen atoms in total. The Morgan fingerprint density at radius 1 is 1.06 bits per heavy atom. The van der Waals surface area contributed by atoms with Crippen LogP contribution in [0.5, 0.6) is 0 Å². The lowest BCUT2D eigenvalue weighted by atomic mass is 10.1. The van der Waals surface area contributed by atoms with Gasteiger partial charge in [0.15, 0.2) is 0 Å². The fraction of sp³-hybridized carbons (Fsp3) is 0.600. The molecule has 0 N–H and O–H groups in total. The SMILES string of the molecule is Clc1ccc(CN2CCCN3CCC[C@H]3C2)cc1. The number of hydrogen-bond acceptors (Lipinski definition) is 2. The molecule has 0 aliphatic carbocycles. The first-order chi connectivity index (χ1) is 8.81. The molecule has 0 unspecified atom stereocenters. The summed E-state index contributed by atoms with van der Waals surface area (Å²) in [5.74, 6) is 0. The molecule has 1 atom stereocenters. The molecule has 2 heterocycles. The van der Waals surface area contributed by atoms with Gasteiger partial charge in [-0.1, -0.05) is 23.7 Å². The third-order valence-corrected chi connectivity index (χ3v) is 4.46. The van der Waals surface area contributed by atoms with Crippen molar-refractivity contribution in [2.45, 2.75) is 31.8 Å². The molecule has 0 aromatic heterocycles. The Morgan fingerprint density at radius 3 is 2.67 bits per heavy atom. The van der Waals surface area contributed by atoms with Crippen LogP contribution in [0.15, 0.2) is 24.3 Å². The van der Waals surface area contributed by atoms with Crippen molar-refractivity contribution in [2.75, 3.05) is 26.2 Å². The lowest BCUT2D eigenvalue weighted by Crippen LogP contribution is -2.36. The molecule has 18 heavy (non-hydrogen) atoms. The van der Waals surface area contributed by atoms with Crippen LogP contribution in [0.25, 0.3) is 0 Å². The van der Waals surface area contributed by atoms with E-state index in [1.165, 1.54) is 51.0 Å². The zero-order valence-corrected chi connectivity index (χ0v) is 11.6. The fourth-order valence-corrected chi connectivity index (χ4v) is 3.40. The van der Waals surface area contributed by atoms with Crippen LogP contribution in [0.3, 0.4) is 0 Å². The van der Waals surface area contributed by atoms with Crippen molar-refractivity contribution < 1.29 is 0 Å². The van der Waals surface area contributed by atoms with Gasteiger partial charge in [0, 0.05) is 24.2 Å². The highest BCUT2D eigenvalue weighted by Crippen LogP contribution is 2.22. The zero-order chi connectivity index (χ0) is 12.4. The normalized spacial score (nSPS) is 25.9. The highest BCUT2D eigenvalue weighted by molar-refractivity contribution is 6.30. The van der Waals surface area contributed by atoms with Crippen LogP contribution in [0, 0.1) is 0 Å². The zero-order valence-electron chi connectivity index (χ0n) is 10.8. The van der Waals surface area contributed by atoms with E-state index in [1.54, 1.807) is 0 Å². The Morgan fingerprint density at radius 2 is 1.83 bits per heavy atom. The Bertz CT molecular complexity index is 390. The van der Waals surface area contributed by atoms with E-state index < -0.39 is 0 Å². The minimum absolute atomic E-state index is 0.805. The van der Waals surface area contributed by atoms with Gasteiger partial charge in [0.1, 0.15) is 0 Å². The lowest BCUT2D eigenvalue weighted by Gasteiger charge is -2.25. The third-order valence-electron chi connectivity index (χ3n) is 4.21. The van der Waals surface area contributed by atoms with Crippen LogP contribution < -0.4 is 0 Å². The van der Waals surface area contributed by atoms with Gasteiger partial charge in [0.2, 0.25) is 0 Å². The second-order valence-electron chi connectivity index (χ2n) is 5.55. The minimum atomic E-state index is 0.805. The van der Waals surface area contributed by atoms with E-state index in [9.17, 15) is 0 Å². The first-order valence-corrected chi connectivity index (χ1v) is 7.40. The number of hydrogen-bond donors (Lipinski definition) is 0. The Kier molecular flexibility index (Phi) is 3.88. The first kappa shape index (κ1) is 12.5. The van der Waals surface area contributed by atoms with E-state index in [0.717, 1.165) is 17.6 Å². The maximum Gasteiger partial charge on any atom is 0.0406 e. The van der Waals surface area contributed by atoms with Gasteiger partial charge in [-0.05, 0) is 56.6 Å². The average Bonchev–Trinajstić information content (AvgIpc) is 2.71. The molecule has 0 bridgehead atoms. The lowest BCUT2D eigenvalue weighted by molar-refractivity contribution is 0.215. The van der Waals surface area contributed by atoms with Crippen molar-refractivity contribution in [3.63, 3.8) is 0 Å². The summed E-state index contributed by atoms with van der Waals surface area (Å²) < 4.78 is 0. The summed E-state index contributed by atoms with van der Waals surface area (Å²) in [5.41, 5.74) is 1.38. The Hall–Kier alpha value is -0.570. The predicted octanol–water partition coefficient (Wildman–Crippen LogP) is 3.01. The van der Waals surface area contributed by atoms with Crippen molar-refractivity contribution in [1.82, 2.24) is 9.80 Å². The smallest absolute Gasteiger partial charge is 0.0406 e. The summed E-state index contributed by atoms with van der Waals surface area (Å²) in [6.07, 6.45) is 4.08. The summed E-state index contributed by atoms with van der Waals surface area (Å²) in [4.78, 5) is 5.29. The standard InChI is InChI=1S/C15H21ClN2/c16-14-6-4-13(5-7-14)11-17-8-2-10-18-9-1-3-15(18)12-17/h4-7,15H,1-3,8-12H2/t15-/m0/s1. The van der Waals surface area contributed by atoms with E-state index >= 15 is 0 Å². The maximum atomic E-state index is 5.93. The number of rotatable bonds is 2. The molecule has 2 saturated heterocycles. The Balaban J connectivity index is 1.63. The average molecular weight is 265 g/mol. The van der Waals surface area contributed by atoms with Gasteiger partial charge < -0.3 is 0 Å². The van der Waals surface area contributed by atoms with E-state index in [2.05, 4.69) is 21.9 Å². The number of benzene rings is 1. The first-order valence-electron chi connectivity index (χ1n) is 7.02. The van der Waals surface area contributed by atoms with Crippen molar-refractivity contribution in [3.8, 4) is 0 Å². The van der Waals surface area contributed by atoms with Gasteiger partial charge >= 0.3 is 0 Å². The van der Waals surface area contributed by atoms with E-state index in [0.29, 0.717) is 0 Å². The van der Waals surface area contributed by atoms with Crippen LogP contribution in [0.1, 0.15) is 24.8 Å². The molecule has 2 aliphatic rings.